The number of aromatic nitrogens is 2. The average molecular weight is 336 g/mol. The molecule has 7 nitrogen and oxygen atoms in total. The lowest BCUT2D eigenvalue weighted by atomic mass is 9.95. The number of nitrogens with one attached hydrogen (secondary N) is 1. The zero-order chi connectivity index (χ0) is 17.3. The Morgan fingerprint density at radius 2 is 1.88 bits per heavy atom. The second kappa shape index (κ2) is 7.21. The lowest BCUT2D eigenvalue weighted by molar-refractivity contribution is -0.123. The van der Waals surface area contributed by atoms with E-state index in [1.165, 1.54) is 0 Å². The van der Waals surface area contributed by atoms with Crippen molar-refractivity contribution < 1.29 is 14.3 Å². The lowest BCUT2D eigenvalue weighted by Gasteiger charge is -2.36. The van der Waals surface area contributed by atoms with Gasteiger partial charge in [-0.05, 0) is 46.7 Å². The highest BCUT2D eigenvalue weighted by Crippen LogP contribution is 2.27. The van der Waals surface area contributed by atoms with Gasteiger partial charge in [-0.3, -0.25) is 14.4 Å². The number of piperidine rings is 1. The van der Waals surface area contributed by atoms with Crippen molar-refractivity contribution in [2.45, 2.75) is 45.9 Å². The van der Waals surface area contributed by atoms with Crippen molar-refractivity contribution in [3.8, 4) is 0 Å². The number of carbonyl (C=O) groups is 1. The Hall–Kier alpha value is -1.44. The van der Waals surface area contributed by atoms with E-state index in [0.29, 0.717) is 19.1 Å². The number of aryl methyl sites for hydroxylation is 2. The first-order valence-corrected chi connectivity index (χ1v) is 8.75. The van der Waals surface area contributed by atoms with Gasteiger partial charge in [0.05, 0.1) is 36.3 Å². The number of likely N-dealkylation sites (tertiary alicyclic amines) is 1. The van der Waals surface area contributed by atoms with Crippen LogP contribution in [0.1, 0.15) is 31.2 Å². The largest absolute Gasteiger partial charge is 0.350 e. The standard InChI is InChI=1S/C17H28N4O3/c1-11-15(12(2)20(4)19-11)18-16(22)13(3)21-7-5-14(6-8-21)17-23-9-10-24-17/h13-14,17H,5-10H2,1-4H3,(H,18,22). The van der Waals surface area contributed by atoms with Crippen LogP contribution in [0.5, 0.6) is 0 Å². The number of hydrogen-bond acceptors (Lipinski definition) is 5. The topological polar surface area (TPSA) is 68.6 Å². The normalized spacial score (nSPS) is 22.0. The molecule has 0 aromatic carbocycles. The van der Waals surface area contributed by atoms with E-state index in [0.717, 1.165) is 43.0 Å². The van der Waals surface area contributed by atoms with Crippen LogP contribution in [0.15, 0.2) is 0 Å². The molecular formula is C17H28N4O3. The van der Waals surface area contributed by atoms with Gasteiger partial charge < -0.3 is 14.8 Å². The Kier molecular flexibility index (Phi) is 5.22. The van der Waals surface area contributed by atoms with Crippen molar-refractivity contribution in [2.75, 3.05) is 31.6 Å². The maximum absolute atomic E-state index is 12.6. The van der Waals surface area contributed by atoms with Gasteiger partial charge in [0.2, 0.25) is 5.91 Å². The molecule has 1 aromatic heterocycles. The highest BCUT2D eigenvalue weighted by atomic mass is 16.7. The third-order valence-electron chi connectivity index (χ3n) is 5.29. The Morgan fingerprint density at radius 3 is 2.42 bits per heavy atom. The summed E-state index contributed by atoms with van der Waals surface area (Å²) in [6.07, 6.45) is 1.97. The second-order valence-corrected chi connectivity index (χ2v) is 6.82. The summed E-state index contributed by atoms with van der Waals surface area (Å²) in [5, 5.41) is 7.40. The van der Waals surface area contributed by atoms with Crippen molar-refractivity contribution in [3.05, 3.63) is 11.4 Å². The van der Waals surface area contributed by atoms with E-state index in [9.17, 15) is 4.79 Å². The highest BCUT2D eigenvalue weighted by molar-refractivity contribution is 5.95. The molecule has 2 fully saturated rings. The summed E-state index contributed by atoms with van der Waals surface area (Å²) >= 11 is 0. The van der Waals surface area contributed by atoms with Gasteiger partial charge in [0.1, 0.15) is 0 Å². The molecule has 1 aromatic rings. The third-order valence-corrected chi connectivity index (χ3v) is 5.29. The molecule has 1 N–H and O–H groups in total. The number of carbonyl (C=O) groups excluding carboxylic acids is 1. The van der Waals surface area contributed by atoms with E-state index in [1.54, 1.807) is 4.68 Å². The Balaban J connectivity index is 1.54. The van der Waals surface area contributed by atoms with Crippen LogP contribution in [-0.4, -0.2) is 59.2 Å². The zero-order valence-corrected chi connectivity index (χ0v) is 15.0. The number of ether oxygens (including phenoxy) is 2. The third kappa shape index (κ3) is 3.48. The summed E-state index contributed by atoms with van der Waals surface area (Å²) in [4.78, 5) is 14.9. The van der Waals surface area contributed by atoms with E-state index < -0.39 is 0 Å². The van der Waals surface area contributed by atoms with Crippen LogP contribution in [0.4, 0.5) is 5.69 Å². The minimum atomic E-state index is -0.157. The molecule has 3 rings (SSSR count). The first kappa shape index (κ1) is 17.4. The van der Waals surface area contributed by atoms with Gasteiger partial charge in [-0.25, -0.2) is 0 Å². The average Bonchev–Trinajstić information content (AvgIpc) is 3.19. The van der Waals surface area contributed by atoms with Gasteiger partial charge >= 0.3 is 0 Å². The van der Waals surface area contributed by atoms with Gasteiger partial charge in [0.25, 0.3) is 0 Å². The first-order valence-electron chi connectivity index (χ1n) is 8.75. The summed E-state index contributed by atoms with van der Waals surface area (Å²) in [5.74, 6) is 0.475. The fourth-order valence-electron chi connectivity index (χ4n) is 3.58. The van der Waals surface area contributed by atoms with Gasteiger partial charge in [0, 0.05) is 13.0 Å². The van der Waals surface area contributed by atoms with Crippen molar-refractivity contribution in [1.29, 1.82) is 0 Å². The molecule has 134 valence electrons. The Morgan fingerprint density at radius 1 is 1.25 bits per heavy atom. The van der Waals surface area contributed by atoms with Crippen LogP contribution in [0.25, 0.3) is 0 Å². The zero-order valence-electron chi connectivity index (χ0n) is 15.0. The number of hydrogen-bond donors (Lipinski definition) is 1. The molecule has 1 amide bonds. The summed E-state index contributed by atoms with van der Waals surface area (Å²) in [6, 6.07) is -0.157. The van der Waals surface area contributed by atoms with Crippen LogP contribution >= 0.6 is 0 Å². The van der Waals surface area contributed by atoms with Gasteiger partial charge in [-0.15, -0.1) is 0 Å². The van der Waals surface area contributed by atoms with E-state index in [-0.39, 0.29) is 18.2 Å². The molecule has 2 aliphatic heterocycles. The molecular weight excluding hydrogens is 308 g/mol. The Bertz CT molecular complexity index is 587. The summed E-state index contributed by atoms with van der Waals surface area (Å²) in [7, 11) is 1.89. The summed E-state index contributed by atoms with van der Waals surface area (Å²) in [6.45, 7) is 9.05. The predicted molar refractivity (Wildman–Crippen MR) is 90.8 cm³/mol. The molecule has 1 atom stereocenters. The molecule has 0 spiro atoms. The summed E-state index contributed by atoms with van der Waals surface area (Å²) < 4.78 is 13.0. The molecule has 2 saturated heterocycles. The van der Waals surface area contributed by atoms with Gasteiger partial charge in [0.15, 0.2) is 6.29 Å². The minimum absolute atomic E-state index is 0.0287. The van der Waals surface area contributed by atoms with Crippen LogP contribution < -0.4 is 5.32 Å². The number of anilines is 1. The van der Waals surface area contributed by atoms with Gasteiger partial charge in [-0.1, -0.05) is 0 Å². The lowest BCUT2D eigenvalue weighted by Crippen LogP contribution is -2.47. The Labute approximate surface area is 143 Å². The maximum Gasteiger partial charge on any atom is 0.241 e. The van der Waals surface area contributed by atoms with Crippen molar-refractivity contribution >= 4 is 11.6 Å². The van der Waals surface area contributed by atoms with Crippen LogP contribution in [0.2, 0.25) is 0 Å². The van der Waals surface area contributed by atoms with E-state index in [4.69, 9.17) is 9.47 Å². The molecule has 24 heavy (non-hydrogen) atoms. The molecule has 3 heterocycles. The predicted octanol–water partition coefficient (Wildman–Crippen LogP) is 1.45. The second-order valence-electron chi connectivity index (χ2n) is 6.82. The van der Waals surface area contributed by atoms with Crippen molar-refractivity contribution in [2.24, 2.45) is 13.0 Å². The van der Waals surface area contributed by atoms with E-state index in [1.807, 2.05) is 27.8 Å². The smallest absolute Gasteiger partial charge is 0.241 e. The monoisotopic (exact) mass is 336 g/mol. The molecule has 0 bridgehead atoms. The molecule has 7 heteroatoms. The quantitative estimate of drug-likeness (QED) is 0.901. The maximum atomic E-state index is 12.6. The fraction of sp³-hybridized carbons (Fsp3) is 0.765. The first-order chi connectivity index (χ1) is 11.5. The number of amides is 1. The molecule has 0 saturated carbocycles. The SMILES string of the molecule is Cc1nn(C)c(C)c1NC(=O)C(C)N1CCC(C2OCCO2)CC1. The fourth-order valence-corrected chi connectivity index (χ4v) is 3.58. The number of rotatable bonds is 4. The summed E-state index contributed by atoms with van der Waals surface area (Å²) in [5.41, 5.74) is 2.66. The van der Waals surface area contributed by atoms with E-state index >= 15 is 0 Å². The molecule has 2 aliphatic rings. The van der Waals surface area contributed by atoms with Crippen LogP contribution in [-0.2, 0) is 21.3 Å². The molecule has 1 unspecified atom stereocenters. The molecule has 0 radical (unpaired) electrons. The van der Waals surface area contributed by atoms with Crippen LogP contribution in [0, 0.1) is 19.8 Å². The minimum Gasteiger partial charge on any atom is -0.350 e. The van der Waals surface area contributed by atoms with E-state index in [2.05, 4.69) is 15.3 Å². The van der Waals surface area contributed by atoms with Crippen molar-refractivity contribution in [1.82, 2.24) is 14.7 Å². The van der Waals surface area contributed by atoms with Gasteiger partial charge in [-0.2, -0.15) is 5.10 Å². The van der Waals surface area contributed by atoms with Crippen molar-refractivity contribution in [3.63, 3.8) is 0 Å². The number of nitrogens with zero attached hydrogens (tertiary/aromatic N) is 3. The van der Waals surface area contributed by atoms with Crippen LogP contribution in [0.3, 0.4) is 0 Å². The molecule has 0 aliphatic carbocycles. The highest BCUT2D eigenvalue weighted by Gasteiger charge is 2.33.